The van der Waals surface area contributed by atoms with Gasteiger partial charge in [-0.1, -0.05) is 18.2 Å². The van der Waals surface area contributed by atoms with Gasteiger partial charge in [0.05, 0.1) is 24.2 Å². The lowest BCUT2D eigenvalue weighted by Crippen LogP contribution is -2.58. The predicted molar refractivity (Wildman–Crippen MR) is 96.1 cm³/mol. The van der Waals surface area contributed by atoms with Crippen molar-refractivity contribution in [3.63, 3.8) is 0 Å². The average Bonchev–Trinajstić information content (AvgIpc) is 3.10. The number of carbonyl (C=O) groups is 2. The SMILES string of the molecule is CC(=O)N[C@H]1[C@H]([C@H](O)[C@H](O)CO)OC(C(=O)O)=C[C@@H]1n1cc2ccccc2n1. The predicted octanol–water partition coefficient (Wildman–Crippen LogP) is -0.836. The van der Waals surface area contributed by atoms with E-state index in [0.717, 1.165) is 5.39 Å². The number of ether oxygens (including phenoxy) is 1. The fourth-order valence-electron chi connectivity index (χ4n) is 3.22. The molecule has 0 saturated carbocycles. The topological polar surface area (TPSA) is 154 Å². The second-order valence-corrected chi connectivity index (χ2v) is 6.54. The van der Waals surface area contributed by atoms with Gasteiger partial charge in [0.2, 0.25) is 11.7 Å². The summed E-state index contributed by atoms with van der Waals surface area (Å²) in [5.74, 6) is -2.28. The Labute approximate surface area is 159 Å². The summed E-state index contributed by atoms with van der Waals surface area (Å²) in [6, 6.07) is 5.47. The quantitative estimate of drug-likeness (QED) is 0.427. The van der Waals surface area contributed by atoms with E-state index in [9.17, 15) is 24.9 Å². The smallest absolute Gasteiger partial charge is 0.370 e. The molecule has 1 aliphatic heterocycles. The third-order valence-electron chi connectivity index (χ3n) is 4.54. The molecule has 0 unspecified atom stereocenters. The number of nitrogens with zero attached hydrogens (tertiary/aromatic N) is 2. The largest absolute Gasteiger partial charge is 0.478 e. The van der Waals surface area contributed by atoms with E-state index in [1.807, 2.05) is 12.1 Å². The van der Waals surface area contributed by atoms with E-state index >= 15 is 0 Å². The van der Waals surface area contributed by atoms with Crippen LogP contribution >= 0.6 is 0 Å². The molecule has 2 heterocycles. The number of carbonyl (C=O) groups excluding carboxylic acids is 1. The third-order valence-corrected chi connectivity index (χ3v) is 4.54. The van der Waals surface area contributed by atoms with Crippen LogP contribution in [-0.4, -0.2) is 73.0 Å². The van der Waals surface area contributed by atoms with E-state index < -0.39 is 54.6 Å². The van der Waals surface area contributed by atoms with Crippen LogP contribution in [0.3, 0.4) is 0 Å². The number of fused-ring (bicyclic) bond motifs is 1. The summed E-state index contributed by atoms with van der Waals surface area (Å²) in [5, 5.41) is 46.7. The number of aliphatic hydroxyl groups excluding tert-OH is 3. The van der Waals surface area contributed by atoms with Crippen molar-refractivity contribution in [3.8, 4) is 0 Å². The summed E-state index contributed by atoms with van der Waals surface area (Å²) in [7, 11) is 0. The van der Waals surface area contributed by atoms with Gasteiger partial charge in [0, 0.05) is 18.5 Å². The van der Waals surface area contributed by atoms with Crippen molar-refractivity contribution in [2.75, 3.05) is 6.61 Å². The van der Waals surface area contributed by atoms with Crippen molar-refractivity contribution in [1.82, 2.24) is 15.1 Å². The molecule has 0 fully saturated rings. The minimum atomic E-state index is -1.66. The minimum absolute atomic E-state index is 0.446. The molecule has 1 aromatic heterocycles. The van der Waals surface area contributed by atoms with Crippen LogP contribution in [0.2, 0.25) is 0 Å². The van der Waals surface area contributed by atoms with Crippen LogP contribution in [0.5, 0.6) is 0 Å². The van der Waals surface area contributed by atoms with Crippen molar-refractivity contribution in [2.24, 2.45) is 0 Å². The molecule has 1 aromatic carbocycles. The number of benzene rings is 1. The first-order valence-electron chi connectivity index (χ1n) is 8.61. The zero-order chi connectivity index (χ0) is 20.4. The number of amides is 1. The molecule has 0 aliphatic carbocycles. The third kappa shape index (κ3) is 3.84. The summed E-state index contributed by atoms with van der Waals surface area (Å²) in [5.41, 5.74) is 0.660. The van der Waals surface area contributed by atoms with Crippen molar-refractivity contribution < 1.29 is 34.8 Å². The van der Waals surface area contributed by atoms with Crippen LogP contribution < -0.4 is 5.32 Å². The van der Waals surface area contributed by atoms with Gasteiger partial charge in [0.25, 0.3) is 0 Å². The van der Waals surface area contributed by atoms with Crippen LogP contribution in [0.4, 0.5) is 0 Å². The number of rotatable bonds is 6. The van der Waals surface area contributed by atoms with Crippen LogP contribution in [0.25, 0.3) is 10.9 Å². The Morgan fingerprint density at radius 3 is 2.64 bits per heavy atom. The van der Waals surface area contributed by atoms with Gasteiger partial charge in [-0.3, -0.25) is 9.48 Å². The molecule has 5 atom stereocenters. The number of carboxylic acids is 1. The summed E-state index contributed by atoms with van der Waals surface area (Å²) >= 11 is 0. The molecule has 5 N–H and O–H groups in total. The van der Waals surface area contributed by atoms with Crippen LogP contribution in [0.1, 0.15) is 13.0 Å². The molecule has 2 aromatic rings. The van der Waals surface area contributed by atoms with Gasteiger partial charge < -0.3 is 30.5 Å². The standard InChI is InChI=1S/C18H21N3O7/c1-9(23)19-15-12(21-7-10-4-2-3-5-11(10)20-21)6-14(18(26)27)28-17(15)16(25)13(24)8-22/h2-7,12-13,15-17,22,24-25H,8H2,1H3,(H,19,23)(H,26,27)/t12-,13+,15+,16+,17+/m0/s1. The lowest BCUT2D eigenvalue weighted by atomic mass is 9.92. The fraction of sp³-hybridized carbons (Fsp3) is 0.389. The Kier molecular flexibility index (Phi) is 5.63. The Balaban J connectivity index is 2.09. The van der Waals surface area contributed by atoms with Gasteiger partial charge in [-0.25, -0.2) is 4.79 Å². The fourth-order valence-corrected chi connectivity index (χ4v) is 3.22. The highest BCUT2D eigenvalue weighted by molar-refractivity contribution is 5.85. The van der Waals surface area contributed by atoms with Gasteiger partial charge >= 0.3 is 5.97 Å². The second-order valence-electron chi connectivity index (χ2n) is 6.54. The number of hydrogen-bond acceptors (Lipinski definition) is 7. The molecule has 0 saturated heterocycles. The van der Waals surface area contributed by atoms with Gasteiger partial charge in [0.15, 0.2) is 0 Å². The zero-order valence-electron chi connectivity index (χ0n) is 15.0. The van der Waals surface area contributed by atoms with Crippen LogP contribution in [0.15, 0.2) is 42.3 Å². The number of hydrogen-bond donors (Lipinski definition) is 5. The summed E-state index contributed by atoms with van der Waals surface area (Å²) in [4.78, 5) is 23.3. The Morgan fingerprint density at radius 1 is 1.32 bits per heavy atom. The Hall–Kier alpha value is -2.95. The maximum absolute atomic E-state index is 11.8. The Morgan fingerprint density at radius 2 is 2.04 bits per heavy atom. The monoisotopic (exact) mass is 391 g/mol. The highest BCUT2D eigenvalue weighted by atomic mass is 16.5. The Bertz CT molecular complexity index is 876. The van der Waals surface area contributed by atoms with Gasteiger partial charge in [-0.05, 0) is 12.1 Å². The molecule has 150 valence electrons. The van der Waals surface area contributed by atoms with E-state index in [4.69, 9.17) is 9.84 Å². The minimum Gasteiger partial charge on any atom is -0.478 e. The van der Waals surface area contributed by atoms with Crippen molar-refractivity contribution in [3.05, 3.63) is 42.3 Å². The maximum Gasteiger partial charge on any atom is 0.370 e. The average molecular weight is 391 g/mol. The van der Waals surface area contributed by atoms with Gasteiger partial charge in [0.1, 0.15) is 18.3 Å². The lowest BCUT2D eigenvalue weighted by Gasteiger charge is -2.39. The number of nitrogens with one attached hydrogen (secondary N) is 1. The molecule has 10 heteroatoms. The van der Waals surface area contributed by atoms with Crippen molar-refractivity contribution in [2.45, 2.75) is 37.3 Å². The van der Waals surface area contributed by atoms with E-state index in [-0.39, 0.29) is 0 Å². The molecule has 1 amide bonds. The van der Waals surface area contributed by atoms with Crippen LogP contribution in [-0.2, 0) is 14.3 Å². The summed E-state index contributed by atoms with van der Waals surface area (Å²) in [6.45, 7) is 0.495. The van der Waals surface area contributed by atoms with Crippen molar-refractivity contribution in [1.29, 1.82) is 0 Å². The first-order valence-corrected chi connectivity index (χ1v) is 8.61. The van der Waals surface area contributed by atoms with E-state index in [1.165, 1.54) is 17.7 Å². The normalized spacial score (nSPS) is 24.1. The number of aliphatic carboxylic acids is 1. The number of aliphatic hydroxyl groups is 3. The molecule has 3 rings (SSSR count). The highest BCUT2D eigenvalue weighted by Gasteiger charge is 2.44. The first kappa shape index (κ1) is 19.8. The molecular formula is C18H21N3O7. The molecule has 0 spiro atoms. The first-order chi connectivity index (χ1) is 13.3. The molecule has 28 heavy (non-hydrogen) atoms. The summed E-state index contributed by atoms with van der Waals surface area (Å²) < 4.78 is 6.83. The number of carboxylic acid groups (broad SMARTS) is 1. The van der Waals surface area contributed by atoms with Crippen LogP contribution in [0, 0.1) is 0 Å². The highest BCUT2D eigenvalue weighted by Crippen LogP contribution is 2.30. The molecule has 0 radical (unpaired) electrons. The van der Waals surface area contributed by atoms with E-state index in [1.54, 1.807) is 18.3 Å². The van der Waals surface area contributed by atoms with E-state index in [2.05, 4.69) is 10.4 Å². The van der Waals surface area contributed by atoms with E-state index in [0.29, 0.717) is 5.52 Å². The van der Waals surface area contributed by atoms with Gasteiger partial charge in [-0.2, -0.15) is 5.10 Å². The van der Waals surface area contributed by atoms with Crippen molar-refractivity contribution >= 4 is 22.8 Å². The second kappa shape index (κ2) is 7.97. The summed E-state index contributed by atoms with van der Waals surface area (Å²) in [6.07, 6.45) is -1.62. The number of aromatic nitrogens is 2. The maximum atomic E-state index is 11.8. The zero-order valence-corrected chi connectivity index (χ0v) is 15.0. The molecule has 1 aliphatic rings. The molecule has 10 nitrogen and oxygen atoms in total. The molecular weight excluding hydrogens is 370 g/mol. The molecule has 0 bridgehead atoms. The van der Waals surface area contributed by atoms with Gasteiger partial charge in [-0.15, -0.1) is 0 Å². The lowest BCUT2D eigenvalue weighted by molar-refractivity contribution is -0.147.